The second-order valence-corrected chi connectivity index (χ2v) is 10.1. The summed E-state index contributed by atoms with van der Waals surface area (Å²) in [6, 6.07) is 11.7. The fourth-order valence-electron chi connectivity index (χ4n) is 3.73. The number of hydrogen-bond donors (Lipinski definition) is 0. The van der Waals surface area contributed by atoms with E-state index in [4.69, 9.17) is 9.47 Å². The molecule has 7 nitrogen and oxygen atoms in total. The Balaban J connectivity index is 1.84. The molecule has 2 aliphatic rings. The van der Waals surface area contributed by atoms with Gasteiger partial charge in [-0.15, -0.1) is 0 Å². The number of benzene rings is 2. The summed E-state index contributed by atoms with van der Waals surface area (Å²) in [5.41, 5.74) is 2.19. The second kappa shape index (κ2) is 8.51. The molecule has 0 radical (unpaired) electrons. The van der Waals surface area contributed by atoms with Gasteiger partial charge in [-0.3, -0.25) is 4.79 Å². The average Bonchev–Trinajstić information content (AvgIpc) is 2.78. The molecule has 0 fully saturated rings. The highest BCUT2D eigenvalue weighted by Crippen LogP contribution is 2.38. The molecule has 8 heteroatoms. The van der Waals surface area contributed by atoms with Crippen molar-refractivity contribution < 1.29 is 27.5 Å². The molecule has 2 aliphatic heterocycles. The minimum atomic E-state index is -4.07. The van der Waals surface area contributed by atoms with Crippen LogP contribution in [0.4, 0.5) is 0 Å². The van der Waals surface area contributed by atoms with Crippen molar-refractivity contribution >= 4 is 21.8 Å². The van der Waals surface area contributed by atoms with Gasteiger partial charge in [-0.25, -0.2) is 17.5 Å². The van der Waals surface area contributed by atoms with Crippen LogP contribution in [0.15, 0.2) is 70.9 Å². The number of aryl methyl sites for hydroxylation is 1. The number of ketones is 1. The molecule has 2 heterocycles. The van der Waals surface area contributed by atoms with E-state index in [1.54, 1.807) is 31.2 Å². The topological polar surface area (TPSA) is 90.0 Å². The Morgan fingerprint density at radius 2 is 1.82 bits per heavy atom. The lowest BCUT2D eigenvalue weighted by atomic mass is 9.88. The number of ether oxygens (including phenoxy) is 2. The first-order valence-electron chi connectivity index (χ1n) is 10.7. The van der Waals surface area contributed by atoms with Gasteiger partial charge in [0.25, 0.3) is 10.0 Å². The largest absolute Gasteiger partial charge is 0.480 e. The maximum absolute atomic E-state index is 13.5. The van der Waals surface area contributed by atoms with Crippen LogP contribution in [0.1, 0.15) is 48.2 Å². The lowest BCUT2D eigenvalue weighted by molar-refractivity contribution is -0.139. The average molecular weight is 468 g/mol. The van der Waals surface area contributed by atoms with Crippen molar-refractivity contribution in [2.45, 2.75) is 44.6 Å². The van der Waals surface area contributed by atoms with Gasteiger partial charge >= 0.3 is 5.97 Å². The Morgan fingerprint density at radius 3 is 2.45 bits per heavy atom. The van der Waals surface area contributed by atoms with Crippen molar-refractivity contribution in [2.75, 3.05) is 6.61 Å². The van der Waals surface area contributed by atoms with Gasteiger partial charge < -0.3 is 9.47 Å². The highest BCUT2D eigenvalue weighted by atomic mass is 32.2. The van der Waals surface area contributed by atoms with Crippen LogP contribution in [0.3, 0.4) is 0 Å². The Bertz CT molecular complexity index is 1290. The highest BCUT2D eigenvalue weighted by molar-refractivity contribution is 7.89. The first kappa shape index (κ1) is 22.8. The fourth-order valence-corrected chi connectivity index (χ4v) is 4.96. The number of carbonyl (C=O) groups is 2. The zero-order valence-corrected chi connectivity index (χ0v) is 19.7. The standard InChI is InChI=1S/C25H25NO6S/c1-5-31-25(28)21-14-26(33(29,30)18-9-6-16(4)7-10-18)13-20-23(27)19-12-17(15(2)3)8-11-22(19)32-24(20)21/h6-15,24H,5H2,1-4H3. The normalized spacial score (nSPS) is 17.5. The third-order valence-electron chi connectivity index (χ3n) is 5.63. The molecule has 0 N–H and O–H groups in total. The molecule has 2 aromatic rings. The summed E-state index contributed by atoms with van der Waals surface area (Å²) >= 11 is 0. The SMILES string of the molecule is CCOC(=O)C1=CN(S(=O)(=O)c2ccc(C)cc2)C=C2C(=O)c3cc(C(C)C)ccc3OC12. The maximum atomic E-state index is 13.5. The van der Waals surface area contributed by atoms with Crippen molar-refractivity contribution in [3.05, 3.63) is 82.7 Å². The summed E-state index contributed by atoms with van der Waals surface area (Å²) in [5.74, 6) is -0.596. The van der Waals surface area contributed by atoms with E-state index in [9.17, 15) is 18.0 Å². The van der Waals surface area contributed by atoms with Crippen LogP contribution in [0.5, 0.6) is 5.75 Å². The lowest BCUT2D eigenvalue weighted by Gasteiger charge is -2.34. The van der Waals surface area contributed by atoms with Crippen LogP contribution < -0.4 is 4.74 Å². The zero-order chi connectivity index (χ0) is 23.9. The summed E-state index contributed by atoms with van der Waals surface area (Å²) in [4.78, 5) is 26.2. The van der Waals surface area contributed by atoms with Crippen molar-refractivity contribution in [3.8, 4) is 5.75 Å². The molecule has 0 saturated carbocycles. The van der Waals surface area contributed by atoms with Gasteiger partial charge in [0.1, 0.15) is 5.75 Å². The van der Waals surface area contributed by atoms with Gasteiger partial charge in [0.05, 0.1) is 28.2 Å². The molecule has 1 atom stereocenters. The lowest BCUT2D eigenvalue weighted by Crippen LogP contribution is -2.40. The maximum Gasteiger partial charge on any atom is 0.339 e. The second-order valence-electron chi connectivity index (χ2n) is 8.27. The zero-order valence-electron chi connectivity index (χ0n) is 18.9. The van der Waals surface area contributed by atoms with Gasteiger partial charge in [0.2, 0.25) is 0 Å². The summed E-state index contributed by atoms with van der Waals surface area (Å²) in [5, 5.41) is 0. The van der Waals surface area contributed by atoms with Gasteiger partial charge in [0, 0.05) is 12.4 Å². The Morgan fingerprint density at radius 1 is 1.12 bits per heavy atom. The molecule has 0 saturated heterocycles. The number of Topliss-reactive ketones (excluding diaryl/α,β-unsaturated/α-hetero) is 1. The van der Waals surface area contributed by atoms with E-state index in [0.717, 1.165) is 15.4 Å². The molecule has 172 valence electrons. The van der Waals surface area contributed by atoms with Crippen LogP contribution >= 0.6 is 0 Å². The minimum Gasteiger partial charge on any atom is -0.480 e. The van der Waals surface area contributed by atoms with Crippen molar-refractivity contribution in [1.82, 2.24) is 4.31 Å². The van der Waals surface area contributed by atoms with Crippen molar-refractivity contribution in [3.63, 3.8) is 0 Å². The molecule has 2 aromatic carbocycles. The first-order valence-corrected chi connectivity index (χ1v) is 12.1. The molecule has 33 heavy (non-hydrogen) atoms. The van der Waals surface area contributed by atoms with Crippen LogP contribution in [-0.4, -0.2) is 37.2 Å². The quantitative estimate of drug-likeness (QED) is 0.615. The van der Waals surface area contributed by atoms with Gasteiger partial charge in [0.15, 0.2) is 11.9 Å². The predicted molar refractivity (Wildman–Crippen MR) is 122 cm³/mol. The van der Waals surface area contributed by atoms with Crippen LogP contribution in [-0.2, 0) is 19.6 Å². The third-order valence-corrected chi connectivity index (χ3v) is 7.26. The third kappa shape index (κ3) is 4.06. The van der Waals surface area contributed by atoms with Crippen LogP contribution in [0, 0.1) is 6.92 Å². The van der Waals surface area contributed by atoms with E-state index in [1.165, 1.54) is 24.5 Å². The number of nitrogens with zero attached hydrogens (tertiary/aromatic N) is 1. The van der Waals surface area contributed by atoms with Gasteiger partial charge in [-0.05, 0) is 49.6 Å². The summed E-state index contributed by atoms with van der Waals surface area (Å²) in [7, 11) is -4.07. The van der Waals surface area contributed by atoms with E-state index in [2.05, 4.69) is 0 Å². The van der Waals surface area contributed by atoms with Crippen molar-refractivity contribution in [2.24, 2.45) is 0 Å². The monoisotopic (exact) mass is 467 g/mol. The summed E-state index contributed by atoms with van der Waals surface area (Å²) < 4.78 is 38.7. The highest BCUT2D eigenvalue weighted by Gasteiger charge is 2.42. The number of hydrogen-bond acceptors (Lipinski definition) is 6. The molecule has 0 bridgehead atoms. The Hall–Kier alpha value is -3.39. The number of carbonyl (C=O) groups excluding carboxylic acids is 2. The summed E-state index contributed by atoms with van der Waals surface area (Å²) in [6.45, 7) is 7.61. The van der Waals surface area contributed by atoms with Crippen LogP contribution in [0.2, 0.25) is 0 Å². The molecule has 1 unspecified atom stereocenters. The van der Waals surface area contributed by atoms with Crippen molar-refractivity contribution in [1.29, 1.82) is 0 Å². The van der Waals surface area contributed by atoms with Gasteiger partial charge in [-0.1, -0.05) is 37.6 Å². The Labute approximate surface area is 193 Å². The van der Waals surface area contributed by atoms with E-state index in [-0.39, 0.29) is 34.3 Å². The molecule has 0 spiro atoms. The Kier molecular flexibility index (Phi) is 5.88. The number of rotatable bonds is 5. The van der Waals surface area contributed by atoms with E-state index in [0.29, 0.717) is 11.3 Å². The molecular formula is C25H25NO6S. The molecule has 0 amide bonds. The van der Waals surface area contributed by atoms with E-state index in [1.807, 2.05) is 26.8 Å². The predicted octanol–water partition coefficient (Wildman–Crippen LogP) is 4.10. The minimum absolute atomic E-state index is 0.0366. The number of fused-ring (bicyclic) bond motifs is 2. The first-order chi connectivity index (χ1) is 15.6. The van der Waals surface area contributed by atoms with E-state index < -0.39 is 22.1 Å². The van der Waals surface area contributed by atoms with Gasteiger partial charge in [-0.2, -0.15) is 0 Å². The number of sulfonamides is 1. The summed E-state index contributed by atoms with van der Waals surface area (Å²) in [6.07, 6.45) is 1.34. The smallest absolute Gasteiger partial charge is 0.339 e. The molecule has 0 aliphatic carbocycles. The molecule has 0 aromatic heterocycles. The van der Waals surface area contributed by atoms with E-state index >= 15 is 0 Å². The van der Waals surface area contributed by atoms with Crippen LogP contribution in [0.25, 0.3) is 0 Å². The molecule has 4 rings (SSSR count). The molecular weight excluding hydrogens is 442 g/mol. The number of esters is 1. The fraction of sp³-hybridized carbons (Fsp3) is 0.280.